The smallest absolute Gasteiger partial charge is 0.379 e. The Balaban J connectivity index is 2.29. The van der Waals surface area contributed by atoms with Gasteiger partial charge in [0.05, 0.1) is 5.52 Å². The number of fused-ring (bicyclic) bond motifs is 1. The number of hydrogen-bond donors (Lipinski definition) is 1. The van der Waals surface area contributed by atoms with Gasteiger partial charge in [0.1, 0.15) is 5.82 Å². The van der Waals surface area contributed by atoms with Crippen molar-refractivity contribution in [3.63, 3.8) is 0 Å². The van der Waals surface area contributed by atoms with Crippen molar-refractivity contribution in [2.75, 3.05) is 0 Å². The summed E-state index contributed by atoms with van der Waals surface area (Å²) in [6, 6.07) is 3.21. The first kappa shape index (κ1) is 17.0. The molecule has 0 amide bonds. The highest BCUT2D eigenvalue weighted by molar-refractivity contribution is 5.80. The van der Waals surface area contributed by atoms with Crippen molar-refractivity contribution >= 4 is 10.9 Å². The molecule has 1 atom stereocenters. The summed E-state index contributed by atoms with van der Waals surface area (Å²) in [5, 5.41) is 9.47. The fourth-order valence-electron chi connectivity index (χ4n) is 3.53. The fourth-order valence-corrected chi connectivity index (χ4v) is 3.53. The van der Waals surface area contributed by atoms with Crippen molar-refractivity contribution in [2.45, 2.75) is 50.9 Å². The van der Waals surface area contributed by atoms with E-state index in [1.807, 2.05) is 0 Å². The highest BCUT2D eigenvalue weighted by atomic mass is 19.4. The van der Waals surface area contributed by atoms with Crippen molar-refractivity contribution in [2.24, 2.45) is 0 Å². The predicted octanol–water partition coefficient (Wildman–Crippen LogP) is 4.16. The quantitative estimate of drug-likeness (QED) is 0.832. The summed E-state index contributed by atoms with van der Waals surface area (Å²) in [7, 11) is 0. The van der Waals surface area contributed by atoms with E-state index in [4.69, 9.17) is 0 Å². The molecular formula is C17H17F4NO2. The van der Waals surface area contributed by atoms with Crippen molar-refractivity contribution in [1.29, 1.82) is 0 Å². The number of aliphatic hydroxyl groups excluding tert-OH is 1. The monoisotopic (exact) mass is 343 g/mol. The van der Waals surface area contributed by atoms with Gasteiger partial charge in [-0.05, 0) is 31.9 Å². The molecule has 3 rings (SSSR count). The normalized spacial score (nSPS) is 17.6. The predicted molar refractivity (Wildman–Crippen MR) is 81.4 cm³/mol. The molecule has 7 heteroatoms. The molecule has 2 aromatic rings. The van der Waals surface area contributed by atoms with E-state index in [0.29, 0.717) is 5.69 Å². The Morgan fingerprint density at radius 2 is 1.83 bits per heavy atom. The zero-order valence-corrected chi connectivity index (χ0v) is 13.0. The molecular weight excluding hydrogens is 326 g/mol. The number of aryl methyl sites for hydroxylation is 1. The van der Waals surface area contributed by atoms with E-state index in [-0.39, 0.29) is 16.9 Å². The van der Waals surface area contributed by atoms with Crippen LogP contribution in [0.2, 0.25) is 0 Å². The van der Waals surface area contributed by atoms with Crippen LogP contribution in [0.5, 0.6) is 0 Å². The lowest BCUT2D eigenvalue weighted by atomic mass is 10.0. The first-order valence-electron chi connectivity index (χ1n) is 7.80. The second kappa shape index (κ2) is 5.88. The van der Waals surface area contributed by atoms with Gasteiger partial charge in [0.2, 0.25) is 0 Å². The first-order valence-corrected chi connectivity index (χ1v) is 7.80. The lowest BCUT2D eigenvalue weighted by Crippen LogP contribution is -2.22. The van der Waals surface area contributed by atoms with E-state index in [1.165, 1.54) is 6.07 Å². The number of rotatable bonds is 2. The van der Waals surface area contributed by atoms with E-state index in [0.717, 1.165) is 37.8 Å². The number of halogens is 4. The number of aliphatic hydroxyl groups is 1. The Morgan fingerprint density at radius 1 is 1.21 bits per heavy atom. The van der Waals surface area contributed by atoms with Crippen LogP contribution in [-0.4, -0.2) is 15.8 Å². The van der Waals surface area contributed by atoms with Crippen LogP contribution in [0.3, 0.4) is 0 Å². The molecule has 1 unspecified atom stereocenters. The molecule has 1 aromatic heterocycles. The Bertz CT molecular complexity index is 835. The number of hydrogen-bond acceptors (Lipinski definition) is 2. The summed E-state index contributed by atoms with van der Waals surface area (Å²) in [4.78, 5) is 12.1. The number of nitrogens with zero attached hydrogens (tertiary/aromatic N) is 1. The van der Waals surface area contributed by atoms with Crippen molar-refractivity contribution in [1.82, 2.24) is 4.57 Å². The third kappa shape index (κ3) is 2.81. The molecule has 0 bridgehead atoms. The van der Waals surface area contributed by atoms with Crippen LogP contribution in [-0.2, 0) is 0 Å². The zero-order valence-electron chi connectivity index (χ0n) is 13.0. The maximum Gasteiger partial charge on any atom is 0.418 e. The third-order valence-corrected chi connectivity index (χ3v) is 4.65. The van der Waals surface area contributed by atoms with Crippen LogP contribution >= 0.6 is 0 Å². The first-order chi connectivity index (χ1) is 11.2. The maximum absolute atomic E-state index is 14.1. The molecule has 1 aromatic carbocycles. The summed E-state index contributed by atoms with van der Waals surface area (Å²) >= 11 is 0. The second-order valence-electron chi connectivity index (χ2n) is 6.29. The summed E-state index contributed by atoms with van der Waals surface area (Å²) in [6.45, 7) is 1.71. The molecule has 1 heterocycles. The molecule has 1 aliphatic rings. The number of aromatic nitrogens is 1. The average Bonchev–Trinajstić information content (AvgIpc) is 3.00. The molecule has 1 N–H and O–H groups in total. The number of benzene rings is 1. The third-order valence-electron chi connectivity index (χ3n) is 4.65. The number of pyridine rings is 1. The van der Waals surface area contributed by atoms with Gasteiger partial charge < -0.3 is 9.67 Å². The molecule has 0 radical (unpaired) electrons. The van der Waals surface area contributed by atoms with E-state index in [9.17, 15) is 27.5 Å². The minimum Gasteiger partial charge on any atom is -0.379 e. The van der Waals surface area contributed by atoms with Crippen molar-refractivity contribution in [3.8, 4) is 0 Å². The van der Waals surface area contributed by atoms with Crippen molar-refractivity contribution < 1.29 is 22.7 Å². The SMILES string of the molecule is Cc1cc(=O)c2cc(F)c(C(O)C(F)(F)F)cc2n1C1CCCC1. The fraction of sp³-hybridized carbons (Fsp3) is 0.471. The maximum atomic E-state index is 14.1. The molecule has 0 spiro atoms. The molecule has 130 valence electrons. The molecule has 0 saturated heterocycles. The molecule has 24 heavy (non-hydrogen) atoms. The van der Waals surface area contributed by atoms with Gasteiger partial charge in [-0.25, -0.2) is 4.39 Å². The molecule has 3 nitrogen and oxygen atoms in total. The Kier molecular flexibility index (Phi) is 4.15. The lowest BCUT2D eigenvalue weighted by molar-refractivity contribution is -0.207. The largest absolute Gasteiger partial charge is 0.418 e. The zero-order chi connectivity index (χ0) is 17.6. The lowest BCUT2D eigenvalue weighted by Gasteiger charge is -2.23. The summed E-state index contributed by atoms with van der Waals surface area (Å²) in [5.41, 5.74) is -0.430. The summed E-state index contributed by atoms with van der Waals surface area (Å²) in [5.74, 6) is -1.23. The molecule has 1 aliphatic carbocycles. The van der Waals surface area contributed by atoms with E-state index >= 15 is 0 Å². The van der Waals surface area contributed by atoms with Gasteiger partial charge in [0.25, 0.3) is 0 Å². The van der Waals surface area contributed by atoms with Gasteiger partial charge in [0, 0.05) is 28.8 Å². The summed E-state index contributed by atoms with van der Waals surface area (Å²) < 4.78 is 54.3. The van der Waals surface area contributed by atoms with Gasteiger partial charge in [-0.2, -0.15) is 13.2 Å². The minimum atomic E-state index is -4.98. The van der Waals surface area contributed by atoms with Gasteiger partial charge in [-0.3, -0.25) is 4.79 Å². The van der Waals surface area contributed by atoms with Gasteiger partial charge in [0.15, 0.2) is 11.5 Å². The van der Waals surface area contributed by atoms with Crippen molar-refractivity contribution in [3.05, 3.63) is 45.5 Å². The second-order valence-corrected chi connectivity index (χ2v) is 6.29. The van der Waals surface area contributed by atoms with Crippen LogP contribution in [0.4, 0.5) is 17.6 Å². The average molecular weight is 343 g/mol. The highest BCUT2D eigenvalue weighted by Crippen LogP contribution is 2.37. The number of alkyl halides is 3. The molecule has 1 saturated carbocycles. The van der Waals surface area contributed by atoms with Gasteiger partial charge in [-0.15, -0.1) is 0 Å². The Labute approximate surface area is 135 Å². The molecule has 0 aliphatic heterocycles. The standard InChI is InChI=1S/C17H17F4NO2/c1-9-6-15(23)12-7-13(18)11(16(24)17(19,20)21)8-14(12)22(9)10-4-2-3-5-10/h6-8,10,16,24H,2-5H2,1H3. The van der Waals surface area contributed by atoms with Crippen LogP contribution in [0.15, 0.2) is 23.0 Å². The van der Waals surface area contributed by atoms with Crippen LogP contribution in [0, 0.1) is 12.7 Å². The van der Waals surface area contributed by atoms with E-state index in [2.05, 4.69) is 0 Å². The Morgan fingerprint density at radius 3 is 2.42 bits per heavy atom. The Hall–Kier alpha value is -1.89. The van der Waals surface area contributed by atoms with Crippen LogP contribution < -0.4 is 5.43 Å². The van der Waals surface area contributed by atoms with Crippen LogP contribution in [0.25, 0.3) is 10.9 Å². The minimum absolute atomic E-state index is 0.0307. The topological polar surface area (TPSA) is 42.2 Å². The van der Waals surface area contributed by atoms with Gasteiger partial charge in [-0.1, -0.05) is 12.8 Å². The molecule has 1 fully saturated rings. The van der Waals surface area contributed by atoms with Crippen LogP contribution in [0.1, 0.15) is 49.1 Å². The van der Waals surface area contributed by atoms with Gasteiger partial charge >= 0.3 is 6.18 Å². The summed E-state index contributed by atoms with van der Waals surface area (Å²) in [6.07, 6.45) is -4.19. The van der Waals surface area contributed by atoms with E-state index < -0.39 is 29.1 Å². The highest BCUT2D eigenvalue weighted by Gasteiger charge is 2.41. The van der Waals surface area contributed by atoms with E-state index in [1.54, 1.807) is 11.5 Å².